The molecular formula is C28H27N9O2. The van der Waals surface area contributed by atoms with Crippen molar-refractivity contribution in [3.8, 4) is 11.1 Å². The zero-order valence-corrected chi connectivity index (χ0v) is 21.6. The molecule has 0 saturated carbocycles. The molecule has 11 heteroatoms. The zero-order valence-electron chi connectivity index (χ0n) is 21.6. The summed E-state index contributed by atoms with van der Waals surface area (Å²) in [6.07, 6.45) is 7.37. The van der Waals surface area contributed by atoms with Gasteiger partial charge in [0.2, 0.25) is 11.7 Å². The number of rotatable bonds is 7. The minimum Gasteiger partial charge on any atom is -0.325 e. The second-order valence-electron chi connectivity index (χ2n) is 9.66. The van der Waals surface area contributed by atoms with E-state index in [1.54, 1.807) is 40.7 Å². The lowest BCUT2D eigenvalue weighted by Gasteiger charge is -2.15. The van der Waals surface area contributed by atoms with Gasteiger partial charge in [0.1, 0.15) is 0 Å². The first-order valence-corrected chi connectivity index (χ1v) is 12.6. The summed E-state index contributed by atoms with van der Waals surface area (Å²) in [5.41, 5.74) is 6.65. The van der Waals surface area contributed by atoms with Crippen molar-refractivity contribution in [2.24, 2.45) is 7.05 Å². The van der Waals surface area contributed by atoms with Crippen LogP contribution < -0.4 is 10.6 Å². The van der Waals surface area contributed by atoms with E-state index in [9.17, 15) is 9.59 Å². The first kappa shape index (κ1) is 24.4. The predicted octanol–water partition coefficient (Wildman–Crippen LogP) is 3.43. The van der Waals surface area contributed by atoms with E-state index >= 15 is 0 Å². The molecule has 0 aliphatic carbocycles. The summed E-state index contributed by atoms with van der Waals surface area (Å²) in [5.74, 6) is -0.399. The SMILES string of the molecule is Cc1ncc(NC(=O)CCN2Cc3ccccc3C2)cc1NC(=O)c1nnc2cc(-c3cnn(C)c3)ccn12. The first-order chi connectivity index (χ1) is 18.9. The van der Waals surface area contributed by atoms with E-state index in [4.69, 9.17) is 0 Å². The Kier molecular flexibility index (Phi) is 6.33. The van der Waals surface area contributed by atoms with Crippen LogP contribution in [0.4, 0.5) is 11.4 Å². The fourth-order valence-corrected chi connectivity index (χ4v) is 4.75. The number of aryl methyl sites for hydroxylation is 2. The molecule has 4 aromatic heterocycles. The molecule has 0 spiro atoms. The number of pyridine rings is 2. The van der Waals surface area contributed by atoms with Gasteiger partial charge in [-0.3, -0.25) is 28.6 Å². The molecule has 1 aromatic carbocycles. The number of aromatic nitrogens is 6. The Hall–Kier alpha value is -4.90. The Balaban J connectivity index is 1.10. The van der Waals surface area contributed by atoms with Gasteiger partial charge in [0.15, 0.2) is 5.65 Å². The van der Waals surface area contributed by atoms with E-state index in [0.717, 1.165) is 24.2 Å². The Morgan fingerprint density at radius 2 is 1.77 bits per heavy atom. The van der Waals surface area contributed by atoms with Gasteiger partial charge in [-0.2, -0.15) is 5.10 Å². The van der Waals surface area contributed by atoms with Gasteiger partial charge in [-0.1, -0.05) is 24.3 Å². The molecule has 0 atom stereocenters. The minimum atomic E-state index is -0.432. The van der Waals surface area contributed by atoms with Crippen molar-refractivity contribution in [2.45, 2.75) is 26.4 Å². The highest BCUT2D eigenvalue weighted by Gasteiger charge is 2.20. The van der Waals surface area contributed by atoms with Gasteiger partial charge in [-0.05, 0) is 41.8 Å². The number of fused-ring (bicyclic) bond motifs is 2. The summed E-state index contributed by atoms with van der Waals surface area (Å²) in [6, 6.07) is 13.8. The van der Waals surface area contributed by atoms with Gasteiger partial charge in [-0.25, -0.2) is 0 Å². The Labute approximate surface area is 224 Å². The number of benzene rings is 1. The lowest BCUT2D eigenvalue weighted by atomic mass is 10.1. The van der Waals surface area contributed by atoms with E-state index in [1.165, 1.54) is 11.1 Å². The van der Waals surface area contributed by atoms with Crippen LogP contribution in [-0.4, -0.2) is 52.6 Å². The lowest BCUT2D eigenvalue weighted by Crippen LogP contribution is -2.23. The summed E-state index contributed by atoms with van der Waals surface area (Å²) >= 11 is 0. The van der Waals surface area contributed by atoms with Crippen molar-refractivity contribution in [3.05, 3.63) is 89.9 Å². The van der Waals surface area contributed by atoms with E-state index in [0.29, 0.717) is 35.7 Å². The third kappa shape index (κ3) is 5.12. The Morgan fingerprint density at radius 3 is 2.51 bits per heavy atom. The number of nitrogens with zero attached hydrogens (tertiary/aromatic N) is 7. The zero-order chi connectivity index (χ0) is 26.9. The predicted molar refractivity (Wildman–Crippen MR) is 146 cm³/mol. The van der Waals surface area contributed by atoms with Crippen molar-refractivity contribution in [1.82, 2.24) is 34.3 Å². The van der Waals surface area contributed by atoms with Crippen molar-refractivity contribution in [3.63, 3.8) is 0 Å². The van der Waals surface area contributed by atoms with E-state index < -0.39 is 5.91 Å². The molecule has 0 saturated heterocycles. The second kappa shape index (κ2) is 10.1. The van der Waals surface area contributed by atoms with E-state index in [2.05, 4.69) is 47.9 Å². The van der Waals surface area contributed by atoms with E-state index in [1.807, 2.05) is 37.5 Å². The van der Waals surface area contributed by atoms with Crippen LogP contribution in [0.1, 0.15) is 33.9 Å². The smallest absolute Gasteiger partial charge is 0.294 e. The third-order valence-electron chi connectivity index (χ3n) is 6.83. The van der Waals surface area contributed by atoms with Gasteiger partial charge >= 0.3 is 0 Å². The van der Waals surface area contributed by atoms with Gasteiger partial charge in [-0.15, -0.1) is 10.2 Å². The molecule has 1 aliphatic rings. The number of amides is 2. The lowest BCUT2D eigenvalue weighted by molar-refractivity contribution is -0.116. The molecule has 0 fully saturated rings. The molecule has 0 bridgehead atoms. The summed E-state index contributed by atoms with van der Waals surface area (Å²) < 4.78 is 3.35. The quantitative estimate of drug-likeness (QED) is 0.336. The Morgan fingerprint density at radius 1 is 0.974 bits per heavy atom. The number of nitrogens with one attached hydrogen (secondary N) is 2. The van der Waals surface area contributed by atoms with Gasteiger partial charge in [0, 0.05) is 51.1 Å². The minimum absolute atomic E-state index is 0.109. The maximum Gasteiger partial charge on any atom is 0.294 e. The van der Waals surface area contributed by atoms with Gasteiger partial charge < -0.3 is 10.6 Å². The van der Waals surface area contributed by atoms with Crippen LogP contribution in [0.3, 0.4) is 0 Å². The molecule has 1 aliphatic heterocycles. The van der Waals surface area contributed by atoms with Crippen LogP contribution in [0.25, 0.3) is 16.8 Å². The fraction of sp³-hybridized carbons (Fsp3) is 0.214. The fourth-order valence-electron chi connectivity index (χ4n) is 4.75. The average Bonchev–Trinajstić information content (AvgIpc) is 3.66. The summed E-state index contributed by atoms with van der Waals surface area (Å²) in [7, 11) is 1.85. The molecule has 5 heterocycles. The molecule has 0 radical (unpaired) electrons. The van der Waals surface area contributed by atoms with Crippen LogP contribution in [0.5, 0.6) is 0 Å². The highest BCUT2D eigenvalue weighted by molar-refractivity contribution is 6.03. The number of anilines is 2. The van der Waals surface area contributed by atoms with Crippen molar-refractivity contribution in [1.29, 1.82) is 0 Å². The molecule has 2 N–H and O–H groups in total. The van der Waals surface area contributed by atoms with Crippen LogP contribution in [-0.2, 0) is 24.9 Å². The molecule has 2 amide bonds. The first-order valence-electron chi connectivity index (χ1n) is 12.6. The molecule has 5 aromatic rings. The monoisotopic (exact) mass is 521 g/mol. The van der Waals surface area contributed by atoms with Crippen molar-refractivity contribution in [2.75, 3.05) is 17.2 Å². The molecular weight excluding hydrogens is 494 g/mol. The highest BCUT2D eigenvalue weighted by Crippen LogP contribution is 2.23. The highest BCUT2D eigenvalue weighted by atomic mass is 16.2. The molecule has 196 valence electrons. The number of carbonyl (C=O) groups is 2. The van der Waals surface area contributed by atoms with Crippen LogP contribution >= 0.6 is 0 Å². The number of carbonyl (C=O) groups excluding carboxylic acids is 2. The molecule has 11 nitrogen and oxygen atoms in total. The average molecular weight is 522 g/mol. The third-order valence-corrected chi connectivity index (χ3v) is 6.83. The van der Waals surface area contributed by atoms with Crippen LogP contribution in [0.15, 0.2) is 67.3 Å². The summed E-state index contributed by atoms with van der Waals surface area (Å²) in [6.45, 7) is 4.15. The van der Waals surface area contributed by atoms with Gasteiger partial charge in [0.25, 0.3) is 5.91 Å². The van der Waals surface area contributed by atoms with Gasteiger partial charge in [0.05, 0.1) is 29.5 Å². The largest absolute Gasteiger partial charge is 0.325 e. The maximum absolute atomic E-state index is 13.1. The summed E-state index contributed by atoms with van der Waals surface area (Å²) in [5, 5.41) is 18.2. The standard InChI is InChI=1S/C28H27N9O2/c1-18-24(12-23(14-29-18)31-26(38)8-9-36-16-20-5-3-4-6-21(20)17-36)32-28(39)27-34-33-25-11-19(7-10-37(25)27)22-13-30-35(2)15-22/h3-7,10-15H,8-9,16-17H2,1-2H3,(H,31,38)(H,32,39). The Bertz CT molecular complexity index is 1680. The second-order valence-corrected chi connectivity index (χ2v) is 9.66. The van der Waals surface area contributed by atoms with Crippen LogP contribution in [0, 0.1) is 6.92 Å². The van der Waals surface area contributed by atoms with E-state index in [-0.39, 0.29) is 11.7 Å². The van der Waals surface area contributed by atoms with Crippen molar-refractivity contribution < 1.29 is 9.59 Å². The topological polar surface area (TPSA) is 122 Å². The van der Waals surface area contributed by atoms with Crippen molar-refractivity contribution >= 4 is 28.8 Å². The molecule has 0 unspecified atom stereocenters. The van der Waals surface area contributed by atoms with Crippen LogP contribution in [0.2, 0.25) is 0 Å². The summed E-state index contributed by atoms with van der Waals surface area (Å²) in [4.78, 5) is 32.4. The number of hydrogen-bond acceptors (Lipinski definition) is 7. The maximum atomic E-state index is 13.1. The molecule has 39 heavy (non-hydrogen) atoms. The molecule has 6 rings (SSSR count). The number of hydrogen-bond donors (Lipinski definition) is 2. The normalized spacial score (nSPS) is 13.0.